The molecular weight excluding hydrogens is 422 g/mol. The van der Waals surface area contributed by atoms with Gasteiger partial charge in [-0.25, -0.2) is 14.6 Å². The van der Waals surface area contributed by atoms with Gasteiger partial charge in [-0.2, -0.15) is 0 Å². The summed E-state index contributed by atoms with van der Waals surface area (Å²) in [4.78, 5) is 44.4. The minimum absolute atomic E-state index is 0.280. The van der Waals surface area contributed by atoms with E-state index in [1.807, 2.05) is 24.3 Å². The van der Waals surface area contributed by atoms with Crippen LogP contribution in [0.4, 0.5) is 5.69 Å². The van der Waals surface area contributed by atoms with Crippen LogP contribution in [0.2, 0.25) is 0 Å². The Morgan fingerprint density at radius 1 is 0.879 bits per heavy atom. The zero-order valence-corrected chi connectivity index (χ0v) is 17.8. The molecule has 0 atom stereocenters. The van der Waals surface area contributed by atoms with E-state index in [4.69, 9.17) is 9.47 Å². The summed E-state index contributed by atoms with van der Waals surface area (Å²) in [5, 5.41) is 2.62. The van der Waals surface area contributed by atoms with Crippen molar-refractivity contribution in [3.8, 4) is 11.4 Å². The van der Waals surface area contributed by atoms with Gasteiger partial charge in [0.2, 0.25) is 0 Å². The second kappa shape index (κ2) is 9.78. The Labute approximate surface area is 189 Å². The van der Waals surface area contributed by atoms with Gasteiger partial charge in [0.15, 0.2) is 6.61 Å². The predicted octanol–water partition coefficient (Wildman–Crippen LogP) is 4.20. The smallest absolute Gasteiger partial charge is 0.339 e. The van der Waals surface area contributed by atoms with Crippen molar-refractivity contribution in [1.82, 2.24) is 9.97 Å². The quantitative estimate of drug-likeness (QED) is 0.414. The first kappa shape index (κ1) is 21.8. The van der Waals surface area contributed by atoms with E-state index in [2.05, 4.69) is 15.3 Å². The highest BCUT2D eigenvalue weighted by Crippen LogP contribution is 2.24. The fourth-order valence-electron chi connectivity index (χ4n) is 3.26. The number of aromatic amines is 1. The number of anilines is 1. The summed E-state index contributed by atoms with van der Waals surface area (Å²) in [6, 6.07) is 20.7. The zero-order chi connectivity index (χ0) is 23.2. The first-order valence-electron chi connectivity index (χ1n) is 10.3. The van der Waals surface area contributed by atoms with Crippen molar-refractivity contribution in [2.75, 3.05) is 18.5 Å². The number of para-hydroxylation sites is 2. The SMILES string of the molecule is CCOC(=O)c1ccc(NC(=O)COC(=O)c2ccccc2-c2nc3ccccc3[nH]2)cc1. The maximum Gasteiger partial charge on any atom is 0.339 e. The van der Waals surface area contributed by atoms with Gasteiger partial charge >= 0.3 is 11.9 Å². The molecule has 8 heteroatoms. The molecule has 0 unspecified atom stereocenters. The fourth-order valence-corrected chi connectivity index (χ4v) is 3.26. The Morgan fingerprint density at radius 3 is 2.36 bits per heavy atom. The summed E-state index contributed by atoms with van der Waals surface area (Å²) >= 11 is 0. The molecule has 8 nitrogen and oxygen atoms in total. The first-order chi connectivity index (χ1) is 16.0. The third-order valence-corrected chi connectivity index (χ3v) is 4.81. The number of hydrogen-bond donors (Lipinski definition) is 2. The van der Waals surface area contributed by atoms with Gasteiger partial charge in [0.05, 0.1) is 28.8 Å². The molecule has 4 aromatic rings. The number of carbonyl (C=O) groups excluding carboxylic acids is 3. The number of benzene rings is 3. The molecule has 1 heterocycles. The lowest BCUT2D eigenvalue weighted by atomic mass is 10.1. The molecule has 0 saturated carbocycles. The van der Waals surface area contributed by atoms with Gasteiger partial charge in [0.1, 0.15) is 5.82 Å². The molecule has 166 valence electrons. The van der Waals surface area contributed by atoms with Gasteiger partial charge in [-0.15, -0.1) is 0 Å². The van der Waals surface area contributed by atoms with Gasteiger partial charge < -0.3 is 19.8 Å². The van der Waals surface area contributed by atoms with Gasteiger partial charge in [-0.3, -0.25) is 4.79 Å². The molecule has 0 aliphatic carbocycles. The summed E-state index contributed by atoms with van der Waals surface area (Å²) < 4.78 is 10.1. The van der Waals surface area contributed by atoms with Crippen LogP contribution >= 0.6 is 0 Å². The molecule has 0 bridgehead atoms. The standard InChI is InChI=1S/C25H21N3O5/c1-2-32-24(30)16-11-13-17(14-12-16)26-22(29)15-33-25(31)19-8-4-3-7-18(19)23-27-20-9-5-6-10-21(20)28-23/h3-14H,2,15H2,1H3,(H,26,29)(H,27,28). The lowest BCUT2D eigenvalue weighted by Crippen LogP contribution is -2.21. The van der Waals surface area contributed by atoms with E-state index in [9.17, 15) is 14.4 Å². The Bertz CT molecular complexity index is 1280. The number of amides is 1. The third-order valence-electron chi connectivity index (χ3n) is 4.81. The number of imidazole rings is 1. The monoisotopic (exact) mass is 443 g/mol. The van der Waals surface area contributed by atoms with Crippen molar-refractivity contribution < 1.29 is 23.9 Å². The van der Waals surface area contributed by atoms with Crippen LogP contribution < -0.4 is 5.32 Å². The van der Waals surface area contributed by atoms with E-state index in [0.29, 0.717) is 28.2 Å². The number of rotatable bonds is 7. The van der Waals surface area contributed by atoms with Crippen LogP contribution in [0.5, 0.6) is 0 Å². The predicted molar refractivity (Wildman–Crippen MR) is 123 cm³/mol. The molecule has 0 aliphatic rings. The van der Waals surface area contributed by atoms with Gasteiger partial charge in [-0.05, 0) is 49.4 Å². The molecule has 0 aliphatic heterocycles. The van der Waals surface area contributed by atoms with Crippen LogP contribution in [-0.2, 0) is 14.3 Å². The van der Waals surface area contributed by atoms with Gasteiger partial charge in [0.25, 0.3) is 5.91 Å². The highest BCUT2D eigenvalue weighted by atomic mass is 16.5. The van der Waals surface area contributed by atoms with Crippen LogP contribution in [0.3, 0.4) is 0 Å². The number of aromatic nitrogens is 2. The molecule has 3 aromatic carbocycles. The van der Waals surface area contributed by atoms with Gasteiger partial charge in [0, 0.05) is 11.3 Å². The number of esters is 2. The molecule has 0 fully saturated rings. The van der Waals surface area contributed by atoms with E-state index < -0.39 is 24.5 Å². The summed E-state index contributed by atoms with van der Waals surface area (Å²) in [7, 11) is 0. The van der Waals surface area contributed by atoms with E-state index in [1.165, 1.54) is 0 Å². The van der Waals surface area contributed by atoms with Crippen molar-refractivity contribution in [3.05, 3.63) is 83.9 Å². The van der Waals surface area contributed by atoms with E-state index in [1.54, 1.807) is 55.5 Å². The highest BCUT2D eigenvalue weighted by Gasteiger charge is 2.17. The van der Waals surface area contributed by atoms with Crippen molar-refractivity contribution in [2.45, 2.75) is 6.92 Å². The van der Waals surface area contributed by atoms with Crippen molar-refractivity contribution >= 4 is 34.6 Å². The molecule has 1 amide bonds. The molecule has 4 rings (SSSR count). The number of H-pyrrole nitrogens is 1. The zero-order valence-electron chi connectivity index (χ0n) is 17.8. The number of fused-ring (bicyclic) bond motifs is 1. The molecule has 0 spiro atoms. The van der Waals surface area contributed by atoms with Crippen LogP contribution in [0.15, 0.2) is 72.8 Å². The molecule has 33 heavy (non-hydrogen) atoms. The molecule has 1 aromatic heterocycles. The first-order valence-corrected chi connectivity index (χ1v) is 10.3. The largest absolute Gasteiger partial charge is 0.462 e. The molecule has 0 saturated heterocycles. The maximum absolute atomic E-state index is 12.7. The minimum Gasteiger partial charge on any atom is -0.462 e. The summed E-state index contributed by atoms with van der Waals surface area (Å²) in [5.41, 5.74) is 3.35. The summed E-state index contributed by atoms with van der Waals surface area (Å²) in [6.45, 7) is 1.54. The Balaban J connectivity index is 1.40. The Kier molecular flexibility index (Phi) is 6.45. The fraction of sp³-hybridized carbons (Fsp3) is 0.120. The van der Waals surface area contributed by atoms with E-state index >= 15 is 0 Å². The van der Waals surface area contributed by atoms with Crippen molar-refractivity contribution in [2.24, 2.45) is 0 Å². The Morgan fingerprint density at radius 2 is 1.61 bits per heavy atom. The number of nitrogens with zero attached hydrogens (tertiary/aromatic N) is 1. The molecule has 0 radical (unpaired) electrons. The average Bonchev–Trinajstić information content (AvgIpc) is 3.27. The summed E-state index contributed by atoms with van der Waals surface area (Å²) in [5.74, 6) is -1.05. The van der Waals surface area contributed by atoms with E-state index in [0.717, 1.165) is 11.0 Å². The van der Waals surface area contributed by atoms with Crippen LogP contribution in [-0.4, -0.2) is 41.0 Å². The summed E-state index contributed by atoms with van der Waals surface area (Å²) in [6.07, 6.45) is 0. The minimum atomic E-state index is -0.640. The maximum atomic E-state index is 12.7. The lowest BCUT2D eigenvalue weighted by molar-refractivity contribution is -0.119. The van der Waals surface area contributed by atoms with E-state index in [-0.39, 0.29) is 6.61 Å². The normalized spacial score (nSPS) is 10.6. The van der Waals surface area contributed by atoms with Crippen molar-refractivity contribution in [3.63, 3.8) is 0 Å². The third kappa shape index (κ3) is 5.07. The number of ether oxygens (including phenoxy) is 2. The topological polar surface area (TPSA) is 110 Å². The molecule has 2 N–H and O–H groups in total. The Hall–Kier alpha value is -4.46. The van der Waals surface area contributed by atoms with Crippen LogP contribution in [0, 0.1) is 0 Å². The van der Waals surface area contributed by atoms with Crippen LogP contribution in [0.25, 0.3) is 22.4 Å². The highest BCUT2D eigenvalue weighted by molar-refractivity contribution is 5.99. The molecular formula is C25H21N3O5. The number of nitrogens with one attached hydrogen (secondary N) is 2. The number of carbonyl (C=O) groups is 3. The van der Waals surface area contributed by atoms with Crippen molar-refractivity contribution in [1.29, 1.82) is 0 Å². The number of hydrogen-bond acceptors (Lipinski definition) is 6. The second-order valence-electron chi connectivity index (χ2n) is 7.07. The van der Waals surface area contributed by atoms with Gasteiger partial charge in [-0.1, -0.05) is 30.3 Å². The lowest BCUT2D eigenvalue weighted by Gasteiger charge is -2.09. The van der Waals surface area contributed by atoms with Crippen LogP contribution in [0.1, 0.15) is 27.6 Å². The second-order valence-corrected chi connectivity index (χ2v) is 7.07. The average molecular weight is 443 g/mol.